The molecule has 2 aromatic rings. The second kappa shape index (κ2) is 6.62. The number of hydrogen-bond donors (Lipinski definition) is 1. The first-order valence-electron chi connectivity index (χ1n) is 6.45. The number of nitro benzene ring substituents is 1. The summed E-state index contributed by atoms with van der Waals surface area (Å²) in [6, 6.07) is 10.6. The van der Waals surface area contributed by atoms with Crippen molar-refractivity contribution in [1.82, 2.24) is 0 Å². The van der Waals surface area contributed by atoms with Crippen molar-refractivity contribution in [2.24, 2.45) is 0 Å². The number of nitrogens with zero attached hydrogens (tertiary/aromatic N) is 1. The fraction of sp³-hybridized carbons (Fsp3) is 0.0625. The van der Waals surface area contributed by atoms with Crippen LogP contribution < -0.4 is 5.32 Å². The van der Waals surface area contributed by atoms with Gasteiger partial charge < -0.3 is 5.32 Å². The van der Waals surface area contributed by atoms with Crippen molar-refractivity contribution in [3.05, 3.63) is 75.6 Å². The number of benzene rings is 2. The Morgan fingerprint density at radius 3 is 2.68 bits per heavy atom. The van der Waals surface area contributed by atoms with Gasteiger partial charge in [0, 0.05) is 12.1 Å². The van der Waals surface area contributed by atoms with Crippen LogP contribution in [-0.2, 0) is 4.79 Å². The van der Waals surface area contributed by atoms with E-state index in [0.717, 1.165) is 29.3 Å². The smallest absolute Gasteiger partial charge is 0.272 e. The summed E-state index contributed by atoms with van der Waals surface area (Å²) in [6.45, 7) is 1.93. The van der Waals surface area contributed by atoms with E-state index >= 15 is 0 Å². The zero-order chi connectivity index (χ0) is 16.1. The highest BCUT2D eigenvalue weighted by atomic mass is 19.1. The van der Waals surface area contributed by atoms with Gasteiger partial charge in [-0.1, -0.05) is 29.8 Å². The Balaban J connectivity index is 2.07. The van der Waals surface area contributed by atoms with Crippen LogP contribution in [0.5, 0.6) is 0 Å². The van der Waals surface area contributed by atoms with E-state index < -0.39 is 16.6 Å². The number of hydrogen-bond acceptors (Lipinski definition) is 3. The Bertz CT molecular complexity index is 757. The summed E-state index contributed by atoms with van der Waals surface area (Å²) in [4.78, 5) is 21.6. The molecule has 0 heterocycles. The maximum Gasteiger partial charge on any atom is 0.272 e. The lowest BCUT2D eigenvalue weighted by molar-refractivity contribution is -0.385. The molecule has 1 amide bonds. The summed E-state index contributed by atoms with van der Waals surface area (Å²) in [6.07, 6.45) is 2.88. The zero-order valence-corrected chi connectivity index (χ0v) is 11.7. The fourth-order valence-electron chi connectivity index (χ4n) is 1.84. The maximum atomic E-state index is 13.6. The number of carbonyl (C=O) groups excluding carboxylic acids is 1. The van der Waals surface area contributed by atoms with Crippen molar-refractivity contribution in [3.63, 3.8) is 0 Å². The van der Waals surface area contributed by atoms with Crippen molar-refractivity contribution < 1.29 is 14.1 Å². The molecule has 2 aromatic carbocycles. The lowest BCUT2D eigenvalue weighted by Crippen LogP contribution is -2.09. The van der Waals surface area contributed by atoms with Gasteiger partial charge in [-0.15, -0.1) is 0 Å². The van der Waals surface area contributed by atoms with Crippen LogP contribution in [0.1, 0.15) is 11.1 Å². The van der Waals surface area contributed by atoms with Gasteiger partial charge in [-0.25, -0.2) is 4.39 Å². The number of nitrogens with one attached hydrogen (secondary N) is 1. The monoisotopic (exact) mass is 300 g/mol. The molecule has 0 aromatic heterocycles. The Morgan fingerprint density at radius 1 is 1.27 bits per heavy atom. The van der Waals surface area contributed by atoms with E-state index in [1.807, 2.05) is 31.2 Å². The summed E-state index contributed by atoms with van der Waals surface area (Å²) in [5.41, 5.74) is 1.43. The van der Waals surface area contributed by atoms with Gasteiger partial charge in [0.1, 0.15) is 0 Å². The molecule has 5 nitrogen and oxygen atoms in total. The molecule has 112 valence electrons. The molecular formula is C16H13FN2O3. The van der Waals surface area contributed by atoms with Crippen LogP contribution in [0.3, 0.4) is 0 Å². The van der Waals surface area contributed by atoms with Crippen LogP contribution in [0.25, 0.3) is 6.08 Å². The molecule has 0 bridgehead atoms. The van der Waals surface area contributed by atoms with Crippen LogP contribution in [0.4, 0.5) is 15.8 Å². The number of anilines is 1. The Kier molecular flexibility index (Phi) is 4.63. The average Bonchev–Trinajstić information content (AvgIpc) is 2.47. The second-order valence-corrected chi connectivity index (χ2v) is 4.66. The summed E-state index contributed by atoms with van der Waals surface area (Å²) in [5, 5.41) is 12.9. The van der Waals surface area contributed by atoms with E-state index in [9.17, 15) is 19.3 Å². The molecule has 0 spiro atoms. The normalized spacial score (nSPS) is 10.6. The molecule has 0 aliphatic heterocycles. The summed E-state index contributed by atoms with van der Waals surface area (Å²) >= 11 is 0. The van der Waals surface area contributed by atoms with E-state index in [1.165, 1.54) is 6.08 Å². The quantitative estimate of drug-likeness (QED) is 0.531. The largest absolute Gasteiger partial charge is 0.320 e. The van der Waals surface area contributed by atoms with Gasteiger partial charge in [0.25, 0.3) is 5.69 Å². The maximum absolute atomic E-state index is 13.6. The summed E-state index contributed by atoms with van der Waals surface area (Å²) in [7, 11) is 0. The second-order valence-electron chi connectivity index (χ2n) is 4.66. The Labute approximate surface area is 126 Å². The standard InChI is InChI=1S/C16H13FN2O3/c1-11-3-2-4-12(9-11)5-8-16(20)18-15-7-6-13(19(21)22)10-14(15)17/h2-10H,1H3,(H,18,20)/b8-5+. The molecule has 0 saturated heterocycles. The molecule has 22 heavy (non-hydrogen) atoms. The van der Waals surface area contributed by atoms with Gasteiger partial charge in [-0.3, -0.25) is 14.9 Å². The number of aryl methyl sites for hydroxylation is 1. The van der Waals surface area contributed by atoms with Crippen molar-refractivity contribution in [2.45, 2.75) is 6.92 Å². The van der Waals surface area contributed by atoms with Gasteiger partial charge in [0.2, 0.25) is 5.91 Å². The minimum Gasteiger partial charge on any atom is -0.320 e. The molecule has 0 aliphatic rings. The topological polar surface area (TPSA) is 72.2 Å². The number of nitro groups is 1. The van der Waals surface area contributed by atoms with Crippen molar-refractivity contribution >= 4 is 23.4 Å². The molecule has 0 fully saturated rings. The molecule has 0 aliphatic carbocycles. The van der Waals surface area contributed by atoms with Crippen molar-refractivity contribution in [2.75, 3.05) is 5.32 Å². The number of amides is 1. The Morgan fingerprint density at radius 2 is 2.05 bits per heavy atom. The van der Waals surface area contributed by atoms with Gasteiger partial charge in [-0.05, 0) is 24.6 Å². The van der Waals surface area contributed by atoms with Crippen LogP contribution in [0, 0.1) is 22.9 Å². The fourth-order valence-corrected chi connectivity index (χ4v) is 1.84. The first-order chi connectivity index (χ1) is 10.5. The summed E-state index contributed by atoms with van der Waals surface area (Å²) in [5.74, 6) is -1.37. The highest BCUT2D eigenvalue weighted by Gasteiger charge is 2.11. The molecule has 2 rings (SSSR count). The van der Waals surface area contributed by atoms with Gasteiger partial charge in [0.15, 0.2) is 5.82 Å². The van der Waals surface area contributed by atoms with Gasteiger partial charge in [-0.2, -0.15) is 0 Å². The lowest BCUT2D eigenvalue weighted by atomic mass is 10.1. The van der Waals surface area contributed by atoms with E-state index in [1.54, 1.807) is 6.08 Å². The first-order valence-corrected chi connectivity index (χ1v) is 6.45. The molecule has 0 unspecified atom stereocenters. The third kappa shape index (κ3) is 3.99. The minimum atomic E-state index is -0.855. The lowest BCUT2D eigenvalue weighted by Gasteiger charge is -2.03. The van der Waals surface area contributed by atoms with E-state index in [0.29, 0.717) is 0 Å². The van der Waals surface area contributed by atoms with Crippen LogP contribution in [-0.4, -0.2) is 10.8 Å². The third-order valence-corrected chi connectivity index (χ3v) is 2.89. The van der Waals surface area contributed by atoms with Crippen molar-refractivity contribution in [1.29, 1.82) is 0 Å². The molecule has 6 heteroatoms. The first kappa shape index (κ1) is 15.4. The molecule has 0 radical (unpaired) electrons. The number of non-ortho nitro benzene ring substituents is 1. The SMILES string of the molecule is Cc1cccc(/C=C/C(=O)Nc2ccc([N+](=O)[O-])cc2F)c1. The van der Waals surface area contributed by atoms with Crippen molar-refractivity contribution in [3.8, 4) is 0 Å². The average molecular weight is 300 g/mol. The molecule has 0 saturated carbocycles. The molecular weight excluding hydrogens is 287 g/mol. The highest BCUT2D eigenvalue weighted by Crippen LogP contribution is 2.20. The zero-order valence-electron chi connectivity index (χ0n) is 11.7. The Hall–Kier alpha value is -3.02. The predicted molar refractivity (Wildman–Crippen MR) is 81.9 cm³/mol. The van der Waals surface area contributed by atoms with Crippen LogP contribution in [0.2, 0.25) is 0 Å². The van der Waals surface area contributed by atoms with Crippen LogP contribution >= 0.6 is 0 Å². The third-order valence-electron chi connectivity index (χ3n) is 2.89. The van der Waals surface area contributed by atoms with Gasteiger partial charge >= 0.3 is 0 Å². The molecule has 1 N–H and O–H groups in total. The van der Waals surface area contributed by atoms with Gasteiger partial charge in [0.05, 0.1) is 16.7 Å². The number of carbonyl (C=O) groups is 1. The molecule has 0 atom stereocenters. The van der Waals surface area contributed by atoms with E-state index in [-0.39, 0.29) is 11.4 Å². The number of rotatable bonds is 4. The van der Waals surface area contributed by atoms with E-state index in [4.69, 9.17) is 0 Å². The van der Waals surface area contributed by atoms with Crippen LogP contribution in [0.15, 0.2) is 48.5 Å². The highest BCUT2D eigenvalue weighted by molar-refractivity contribution is 6.02. The predicted octanol–water partition coefficient (Wildman–Crippen LogP) is 3.69. The van der Waals surface area contributed by atoms with E-state index in [2.05, 4.69) is 5.32 Å². The number of halogens is 1. The summed E-state index contributed by atoms with van der Waals surface area (Å²) < 4.78 is 13.6. The minimum absolute atomic E-state index is 0.107.